The first-order valence-corrected chi connectivity index (χ1v) is 5.68. The Morgan fingerprint density at radius 1 is 1.40 bits per heavy atom. The Balaban J connectivity index is 3.00. The Morgan fingerprint density at radius 2 is 2.05 bits per heavy atom. The number of alkyl halides is 3. The molecule has 0 aliphatic rings. The van der Waals surface area contributed by atoms with Crippen LogP contribution in [0, 0.1) is 5.82 Å². The van der Waals surface area contributed by atoms with Crippen LogP contribution in [0.1, 0.15) is 10.4 Å². The van der Waals surface area contributed by atoms with Crippen molar-refractivity contribution in [1.82, 2.24) is 4.90 Å². The third-order valence-electron chi connectivity index (χ3n) is 2.45. The lowest BCUT2D eigenvalue weighted by atomic mass is 10.1. The van der Waals surface area contributed by atoms with E-state index in [0.717, 1.165) is 18.2 Å². The highest BCUT2D eigenvalue weighted by atomic mass is 19.4. The number of halogens is 4. The molecule has 0 saturated carbocycles. The predicted molar refractivity (Wildman–Crippen MR) is 64.0 cm³/mol. The van der Waals surface area contributed by atoms with Crippen molar-refractivity contribution in [2.75, 3.05) is 26.7 Å². The monoisotopic (exact) mass is 294 g/mol. The van der Waals surface area contributed by atoms with E-state index in [2.05, 4.69) is 4.74 Å². The molecule has 1 amide bonds. The van der Waals surface area contributed by atoms with Gasteiger partial charge in [-0.1, -0.05) is 0 Å². The summed E-state index contributed by atoms with van der Waals surface area (Å²) in [7, 11) is 1.19. The standard InChI is InChI=1S/C12H14F4N2O2/c1-20-10-6-8(2-3-9(10)13)11(19)18(5-4-17)7-12(14,15)16/h2-3,6H,4-5,7,17H2,1H3. The average molecular weight is 294 g/mol. The summed E-state index contributed by atoms with van der Waals surface area (Å²) < 4.78 is 55.1. The number of nitrogens with zero attached hydrogens (tertiary/aromatic N) is 1. The highest BCUT2D eigenvalue weighted by molar-refractivity contribution is 5.94. The minimum atomic E-state index is -4.53. The number of carbonyl (C=O) groups is 1. The molecule has 0 aliphatic heterocycles. The number of hydrogen-bond acceptors (Lipinski definition) is 3. The van der Waals surface area contributed by atoms with Gasteiger partial charge in [-0.05, 0) is 18.2 Å². The Kier molecular flexibility index (Phi) is 5.32. The van der Waals surface area contributed by atoms with Gasteiger partial charge in [0, 0.05) is 18.7 Å². The van der Waals surface area contributed by atoms with Gasteiger partial charge in [0.1, 0.15) is 6.54 Å². The van der Waals surface area contributed by atoms with Crippen LogP contribution in [0.25, 0.3) is 0 Å². The van der Waals surface area contributed by atoms with Gasteiger partial charge in [0.25, 0.3) is 5.91 Å². The van der Waals surface area contributed by atoms with Crippen LogP contribution in [0.4, 0.5) is 17.6 Å². The molecular formula is C12H14F4N2O2. The summed E-state index contributed by atoms with van der Waals surface area (Å²) in [6.45, 7) is -1.78. The number of methoxy groups -OCH3 is 1. The van der Waals surface area contributed by atoms with Crippen LogP contribution in [0.3, 0.4) is 0 Å². The minimum absolute atomic E-state index is 0.0963. The highest BCUT2D eigenvalue weighted by Gasteiger charge is 2.33. The third kappa shape index (κ3) is 4.37. The molecule has 0 unspecified atom stereocenters. The molecule has 0 fully saturated rings. The number of benzene rings is 1. The van der Waals surface area contributed by atoms with Crippen LogP contribution in [-0.2, 0) is 0 Å². The Hall–Kier alpha value is -1.83. The number of ether oxygens (including phenoxy) is 1. The highest BCUT2D eigenvalue weighted by Crippen LogP contribution is 2.21. The summed E-state index contributed by atoms with van der Waals surface area (Å²) in [6.07, 6.45) is -4.53. The van der Waals surface area contributed by atoms with E-state index in [1.807, 2.05) is 0 Å². The maximum atomic E-state index is 13.2. The topological polar surface area (TPSA) is 55.6 Å². The fraction of sp³-hybridized carbons (Fsp3) is 0.417. The van der Waals surface area contributed by atoms with E-state index in [-0.39, 0.29) is 24.4 Å². The maximum Gasteiger partial charge on any atom is 0.406 e. The molecule has 0 saturated heterocycles. The van der Waals surface area contributed by atoms with Gasteiger partial charge in [0.05, 0.1) is 7.11 Å². The lowest BCUT2D eigenvalue weighted by molar-refractivity contribution is -0.140. The first-order valence-electron chi connectivity index (χ1n) is 5.68. The molecule has 0 heterocycles. The molecule has 4 nitrogen and oxygen atoms in total. The van der Waals surface area contributed by atoms with Crippen molar-refractivity contribution in [3.63, 3.8) is 0 Å². The number of carbonyl (C=O) groups excluding carboxylic acids is 1. The molecule has 0 atom stereocenters. The fourth-order valence-corrected chi connectivity index (χ4v) is 1.60. The molecule has 8 heteroatoms. The molecule has 0 spiro atoms. The second-order valence-corrected chi connectivity index (χ2v) is 3.98. The van der Waals surface area contributed by atoms with Crippen LogP contribution in [0.5, 0.6) is 5.75 Å². The van der Waals surface area contributed by atoms with Gasteiger partial charge in [-0.25, -0.2) is 4.39 Å². The number of rotatable bonds is 5. The molecule has 0 bridgehead atoms. The van der Waals surface area contributed by atoms with Crippen LogP contribution < -0.4 is 10.5 Å². The van der Waals surface area contributed by atoms with Gasteiger partial charge in [0.15, 0.2) is 11.6 Å². The van der Waals surface area contributed by atoms with E-state index >= 15 is 0 Å². The van der Waals surface area contributed by atoms with E-state index in [0.29, 0.717) is 4.90 Å². The number of nitrogens with two attached hydrogens (primary N) is 1. The van der Waals surface area contributed by atoms with Crippen molar-refractivity contribution >= 4 is 5.91 Å². The third-order valence-corrected chi connectivity index (χ3v) is 2.45. The lowest BCUT2D eigenvalue weighted by Crippen LogP contribution is -2.41. The summed E-state index contributed by atoms with van der Waals surface area (Å²) >= 11 is 0. The summed E-state index contributed by atoms with van der Waals surface area (Å²) in [5.74, 6) is -1.80. The van der Waals surface area contributed by atoms with E-state index in [1.165, 1.54) is 7.11 Å². The van der Waals surface area contributed by atoms with Gasteiger partial charge < -0.3 is 15.4 Å². The lowest BCUT2D eigenvalue weighted by Gasteiger charge is -2.23. The van der Waals surface area contributed by atoms with Crippen LogP contribution in [-0.4, -0.2) is 43.7 Å². The second kappa shape index (κ2) is 6.56. The second-order valence-electron chi connectivity index (χ2n) is 3.98. The van der Waals surface area contributed by atoms with Crippen LogP contribution >= 0.6 is 0 Å². The van der Waals surface area contributed by atoms with E-state index in [4.69, 9.17) is 5.73 Å². The zero-order valence-electron chi connectivity index (χ0n) is 10.7. The van der Waals surface area contributed by atoms with E-state index < -0.39 is 24.4 Å². The molecule has 1 aromatic rings. The smallest absolute Gasteiger partial charge is 0.406 e. The summed E-state index contributed by atoms with van der Waals surface area (Å²) in [6, 6.07) is 3.11. The first kappa shape index (κ1) is 16.2. The molecule has 0 aromatic heterocycles. The van der Waals surface area contributed by atoms with Crippen molar-refractivity contribution in [1.29, 1.82) is 0 Å². The molecular weight excluding hydrogens is 280 g/mol. The average Bonchev–Trinajstić information content (AvgIpc) is 2.36. The predicted octanol–water partition coefficient (Wildman–Crippen LogP) is 1.80. The van der Waals surface area contributed by atoms with Crippen molar-refractivity contribution in [3.05, 3.63) is 29.6 Å². The Morgan fingerprint density at radius 3 is 2.55 bits per heavy atom. The summed E-state index contributed by atoms with van der Waals surface area (Å²) in [4.78, 5) is 12.5. The van der Waals surface area contributed by atoms with Crippen molar-refractivity contribution in [3.8, 4) is 5.75 Å². The molecule has 2 N–H and O–H groups in total. The summed E-state index contributed by atoms with van der Waals surface area (Å²) in [5.41, 5.74) is 5.10. The largest absolute Gasteiger partial charge is 0.494 e. The summed E-state index contributed by atoms with van der Waals surface area (Å²) in [5, 5.41) is 0. The molecule has 1 aromatic carbocycles. The van der Waals surface area contributed by atoms with Gasteiger partial charge in [-0.2, -0.15) is 13.2 Å². The van der Waals surface area contributed by atoms with Crippen LogP contribution in [0.2, 0.25) is 0 Å². The van der Waals surface area contributed by atoms with Crippen LogP contribution in [0.15, 0.2) is 18.2 Å². The Bertz CT molecular complexity index is 477. The fourth-order valence-electron chi connectivity index (χ4n) is 1.60. The van der Waals surface area contributed by atoms with E-state index in [1.54, 1.807) is 0 Å². The number of amides is 1. The van der Waals surface area contributed by atoms with Gasteiger partial charge >= 0.3 is 6.18 Å². The molecule has 1 rings (SSSR count). The molecule has 20 heavy (non-hydrogen) atoms. The minimum Gasteiger partial charge on any atom is -0.494 e. The number of hydrogen-bond donors (Lipinski definition) is 1. The van der Waals surface area contributed by atoms with Gasteiger partial charge in [-0.15, -0.1) is 0 Å². The Labute approximate surface area is 113 Å². The van der Waals surface area contributed by atoms with Crippen molar-refractivity contribution in [2.24, 2.45) is 5.73 Å². The van der Waals surface area contributed by atoms with Crippen molar-refractivity contribution in [2.45, 2.75) is 6.18 Å². The van der Waals surface area contributed by atoms with Gasteiger partial charge in [-0.3, -0.25) is 4.79 Å². The quantitative estimate of drug-likeness (QED) is 0.842. The SMILES string of the molecule is COc1cc(C(=O)N(CCN)CC(F)(F)F)ccc1F. The molecule has 0 aliphatic carbocycles. The normalized spacial score (nSPS) is 11.3. The van der Waals surface area contributed by atoms with Gasteiger partial charge in [0.2, 0.25) is 0 Å². The molecule has 112 valence electrons. The molecule has 0 radical (unpaired) electrons. The zero-order valence-corrected chi connectivity index (χ0v) is 10.7. The maximum absolute atomic E-state index is 13.2. The zero-order chi connectivity index (χ0) is 15.3. The first-order chi connectivity index (χ1) is 9.28. The van der Waals surface area contributed by atoms with E-state index in [9.17, 15) is 22.4 Å². The van der Waals surface area contributed by atoms with Crippen molar-refractivity contribution < 1.29 is 27.1 Å².